The van der Waals surface area contributed by atoms with Gasteiger partial charge in [-0.05, 0) is 20.4 Å². The Morgan fingerprint density at radius 1 is 1.18 bits per heavy atom. The van der Waals surface area contributed by atoms with Gasteiger partial charge in [-0.1, -0.05) is 6.92 Å². The smallest absolute Gasteiger partial charge is 0.0113 e. The van der Waals surface area contributed by atoms with Crippen LogP contribution in [0.2, 0.25) is 0 Å². The van der Waals surface area contributed by atoms with Gasteiger partial charge in [-0.25, -0.2) is 0 Å². The Balaban J connectivity index is 2.27. The van der Waals surface area contributed by atoms with Gasteiger partial charge < -0.3 is 4.90 Å². The number of rotatable bonds is 2. The van der Waals surface area contributed by atoms with Crippen LogP contribution in [0.5, 0.6) is 0 Å². The Morgan fingerprint density at radius 2 is 1.73 bits per heavy atom. The molecule has 0 bridgehead atoms. The Labute approximate surface area is 70.2 Å². The number of piperazine rings is 1. The van der Waals surface area contributed by atoms with Gasteiger partial charge in [0.05, 0.1) is 0 Å². The van der Waals surface area contributed by atoms with Gasteiger partial charge in [-0.2, -0.15) is 0 Å². The molecule has 66 valence electrons. The van der Waals surface area contributed by atoms with Crippen LogP contribution < -0.4 is 0 Å². The predicted octanol–water partition coefficient (Wildman–Crippen LogP) is 1.03. The second-order valence-corrected chi connectivity index (χ2v) is 3.60. The molecular formula is C9H20N2. The number of nitrogens with zero attached hydrogens (tertiary/aromatic N) is 2. The Hall–Kier alpha value is -0.0800. The van der Waals surface area contributed by atoms with Crippen molar-refractivity contribution in [3.05, 3.63) is 0 Å². The van der Waals surface area contributed by atoms with E-state index < -0.39 is 0 Å². The van der Waals surface area contributed by atoms with Crippen LogP contribution in [0.1, 0.15) is 20.3 Å². The minimum absolute atomic E-state index is 0.781. The lowest BCUT2D eigenvalue weighted by atomic mass is 10.2. The summed E-state index contributed by atoms with van der Waals surface area (Å²) in [6.45, 7) is 9.58. The maximum atomic E-state index is 2.58. The Bertz CT molecular complexity index is 106. The molecule has 1 atom stereocenters. The highest BCUT2D eigenvalue weighted by atomic mass is 15.3. The fourth-order valence-electron chi connectivity index (χ4n) is 1.52. The predicted molar refractivity (Wildman–Crippen MR) is 48.8 cm³/mol. The first-order valence-electron chi connectivity index (χ1n) is 4.66. The average Bonchev–Trinajstić information content (AvgIpc) is 2.05. The van der Waals surface area contributed by atoms with Crippen molar-refractivity contribution in [2.24, 2.45) is 0 Å². The largest absolute Gasteiger partial charge is 0.304 e. The molecule has 0 saturated carbocycles. The number of likely N-dealkylation sites (N-methyl/N-ethyl adjacent to an activating group) is 1. The first kappa shape index (κ1) is 9.01. The molecule has 11 heavy (non-hydrogen) atoms. The van der Waals surface area contributed by atoms with Gasteiger partial charge >= 0.3 is 0 Å². The lowest BCUT2D eigenvalue weighted by Crippen LogP contribution is -2.47. The zero-order valence-corrected chi connectivity index (χ0v) is 8.01. The number of hydrogen-bond donors (Lipinski definition) is 0. The van der Waals surface area contributed by atoms with Crippen molar-refractivity contribution in [3.63, 3.8) is 0 Å². The second kappa shape index (κ2) is 4.07. The van der Waals surface area contributed by atoms with Gasteiger partial charge in [0.1, 0.15) is 0 Å². The highest BCUT2D eigenvalue weighted by Crippen LogP contribution is 2.06. The van der Waals surface area contributed by atoms with Gasteiger partial charge in [-0.15, -0.1) is 0 Å². The van der Waals surface area contributed by atoms with Crippen molar-refractivity contribution < 1.29 is 0 Å². The number of hydrogen-bond acceptors (Lipinski definition) is 2. The summed E-state index contributed by atoms with van der Waals surface area (Å²) in [6.07, 6.45) is 1.28. The molecule has 0 aromatic carbocycles. The highest BCUT2D eigenvalue weighted by Gasteiger charge is 2.16. The Morgan fingerprint density at radius 3 is 2.18 bits per heavy atom. The molecule has 1 aliphatic heterocycles. The van der Waals surface area contributed by atoms with Gasteiger partial charge in [0.2, 0.25) is 0 Å². The first-order valence-corrected chi connectivity index (χ1v) is 4.66. The van der Waals surface area contributed by atoms with Crippen molar-refractivity contribution in [3.8, 4) is 0 Å². The van der Waals surface area contributed by atoms with Crippen LogP contribution in [0.15, 0.2) is 0 Å². The van der Waals surface area contributed by atoms with E-state index in [0.29, 0.717) is 0 Å². The second-order valence-electron chi connectivity index (χ2n) is 3.60. The van der Waals surface area contributed by atoms with Gasteiger partial charge in [0.15, 0.2) is 0 Å². The molecule has 0 spiro atoms. The molecule has 1 fully saturated rings. The summed E-state index contributed by atoms with van der Waals surface area (Å²) in [5.41, 5.74) is 0. The molecule has 2 heteroatoms. The third kappa shape index (κ3) is 2.46. The van der Waals surface area contributed by atoms with Crippen LogP contribution in [-0.4, -0.2) is 49.1 Å². The maximum absolute atomic E-state index is 2.58. The van der Waals surface area contributed by atoms with E-state index in [-0.39, 0.29) is 0 Å². The van der Waals surface area contributed by atoms with Gasteiger partial charge in [-0.3, -0.25) is 4.90 Å². The normalized spacial score (nSPS) is 25.4. The lowest BCUT2D eigenvalue weighted by molar-refractivity contribution is 0.117. The van der Waals surface area contributed by atoms with Crippen LogP contribution in [-0.2, 0) is 0 Å². The molecule has 1 aliphatic rings. The van der Waals surface area contributed by atoms with Gasteiger partial charge in [0.25, 0.3) is 0 Å². The molecule has 0 aromatic heterocycles. The summed E-state index contributed by atoms with van der Waals surface area (Å²) < 4.78 is 0. The van der Waals surface area contributed by atoms with Crippen LogP contribution in [0.25, 0.3) is 0 Å². The third-order valence-electron chi connectivity index (χ3n) is 2.75. The van der Waals surface area contributed by atoms with Crippen LogP contribution in [0, 0.1) is 0 Å². The Kier molecular flexibility index (Phi) is 3.34. The fourth-order valence-corrected chi connectivity index (χ4v) is 1.52. The van der Waals surface area contributed by atoms with Crippen molar-refractivity contribution in [2.75, 3.05) is 33.2 Å². The quantitative estimate of drug-likeness (QED) is 0.589. The zero-order chi connectivity index (χ0) is 8.27. The van der Waals surface area contributed by atoms with Crippen molar-refractivity contribution in [1.82, 2.24) is 9.80 Å². The molecule has 1 heterocycles. The van der Waals surface area contributed by atoms with Crippen molar-refractivity contribution >= 4 is 0 Å². The molecular weight excluding hydrogens is 136 g/mol. The van der Waals surface area contributed by atoms with E-state index in [1.807, 2.05) is 0 Å². The highest BCUT2D eigenvalue weighted by molar-refractivity contribution is 4.73. The summed E-state index contributed by atoms with van der Waals surface area (Å²) in [6, 6.07) is 0.781. The molecule has 0 radical (unpaired) electrons. The van der Waals surface area contributed by atoms with Crippen LogP contribution >= 0.6 is 0 Å². The molecule has 0 aliphatic carbocycles. The van der Waals surface area contributed by atoms with E-state index in [4.69, 9.17) is 0 Å². The monoisotopic (exact) mass is 156 g/mol. The topological polar surface area (TPSA) is 6.48 Å². The minimum atomic E-state index is 0.781. The van der Waals surface area contributed by atoms with Crippen LogP contribution in [0.3, 0.4) is 0 Å². The molecule has 1 unspecified atom stereocenters. The summed E-state index contributed by atoms with van der Waals surface area (Å²) >= 11 is 0. The van der Waals surface area contributed by atoms with Gasteiger partial charge in [0, 0.05) is 32.2 Å². The molecule has 0 N–H and O–H groups in total. The molecule has 0 aromatic rings. The summed E-state index contributed by atoms with van der Waals surface area (Å²) in [7, 11) is 2.20. The molecule has 1 rings (SSSR count). The van der Waals surface area contributed by atoms with Crippen molar-refractivity contribution in [1.29, 1.82) is 0 Å². The summed E-state index contributed by atoms with van der Waals surface area (Å²) in [5, 5.41) is 0. The molecule has 1 saturated heterocycles. The maximum Gasteiger partial charge on any atom is 0.0113 e. The van der Waals surface area contributed by atoms with E-state index >= 15 is 0 Å². The average molecular weight is 156 g/mol. The molecule has 2 nitrogen and oxygen atoms in total. The zero-order valence-electron chi connectivity index (χ0n) is 8.01. The first-order chi connectivity index (χ1) is 5.24. The van der Waals surface area contributed by atoms with E-state index in [1.54, 1.807) is 0 Å². The van der Waals surface area contributed by atoms with E-state index in [2.05, 4.69) is 30.7 Å². The summed E-state index contributed by atoms with van der Waals surface area (Å²) in [4.78, 5) is 4.98. The standard InChI is InChI=1S/C9H20N2/c1-4-9(2)11-7-5-10(3)6-8-11/h9H,4-8H2,1-3H3. The van der Waals surface area contributed by atoms with E-state index in [1.165, 1.54) is 32.6 Å². The SMILES string of the molecule is CCC(C)N1CCN(C)CC1. The lowest BCUT2D eigenvalue weighted by Gasteiger charge is -2.36. The van der Waals surface area contributed by atoms with E-state index in [0.717, 1.165) is 6.04 Å². The molecule has 0 amide bonds. The van der Waals surface area contributed by atoms with Crippen molar-refractivity contribution in [2.45, 2.75) is 26.3 Å². The third-order valence-corrected chi connectivity index (χ3v) is 2.75. The summed E-state index contributed by atoms with van der Waals surface area (Å²) in [5.74, 6) is 0. The van der Waals surface area contributed by atoms with E-state index in [9.17, 15) is 0 Å². The minimum Gasteiger partial charge on any atom is -0.304 e. The fraction of sp³-hybridized carbons (Fsp3) is 1.00. The van der Waals surface area contributed by atoms with Crippen LogP contribution in [0.4, 0.5) is 0 Å².